The number of hydrogen-bond donors (Lipinski definition) is 2. The van der Waals surface area contributed by atoms with E-state index in [1.54, 1.807) is 42.5 Å². The molecule has 1 heterocycles. The van der Waals surface area contributed by atoms with Crippen molar-refractivity contribution >= 4 is 56.5 Å². The normalized spacial score (nSPS) is 11.1. The Hall–Kier alpha value is -4.20. The zero-order valence-corrected chi connectivity index (χ0v) is 22.5. The summed E-state index contributed by atoms with van der Waals surface area (Å²) in [6.07, 6.45) is 1.42. The second-order valence-electron chi connectivity index (χ2n) is 8.54. The number of H-pyrrole nitrogens is 1. The van der Waals surface area contributed by atoms with Crippen molar-refractivity contribution in [2.75, 3.05) is 0 Å². The first kappa shape index (κ1) is 25.4. The number of ether oxygens (including phenoxy) is 1. The second-order valence-corrected chi connectivity index (χ2v) is 9.86. The number of carbonyl (C=O) groups is 2. The van der Waals surface area contributed by atoms with Crippen molar-refractivity contribution in [1.29, 1.82) is 0 Å². The van der Waals surface area contributed by atoms with Crippen LogP contribution in [0.5, 0.6) is 5.75 Å². The van der Waals surface area contributed by atoms with Crippen LogP contribution in [0.3, 0.4) is 0 Å². The first-order chi connectivity index (χ1) is 18.4. The zero-order valence-electron chi connectivity index (χ0n) is 20.2. The monoisotopic (exact) mass is 585 g/mol. The van der Waals surface area contributed by atoms with E-state index in [4.69, 9.17) is 16.3 Å². The van der Waals surface area contributed by atoms with Crippen LogP contribution in [0.4, 0.5) is 0 Å². The number of rotatable bonds is 6. The minimum Gasteiger partial charge on any atom is -0.422 e. The van der Waals surface area contributed by atoms with E-state index in [1.165, 1.54) is 6.21 Å². The molecule has 0 bridgehead atoms. The lowest BCUT2D eigenvalue weighted by molar-refractivity contribution is 0.0734. The lowest BCUT2D eigenvalue weighted by Gasteiger charge is -2.09. The zero-order chi connectivity index (χ0) is 26.6. The molecule has 0 aliphatic carbocycles. The Balaban J connectivity index is 1.42. The molecule has 8 heteroatoms. The number of nitrogens with one attached hydrogen (secondary N) is 2. The Labute approximate surface area is 232 Å². The van der Waals surface area contributed by atoms with Gasteiger partial charge in [-0.25, -0.2) is 10.2 Å². The van der Waals surface area contributed by atoms with Crippen LogP contribution in [-0.2, 0) is 0 Å². The molecular formula is C30H21BrClN3O3. The summed E-state index contributed by atoms with van der Waals surface area (Å²) in [7, 11) is 0. The summed E-state index contributed by atoms with van der Waals surface area (Å²) >= 11 is 9.56. The Morgan fingerprint density at radius 3 is 2.53 bits per heavy atom. The van der Waals surface area contributed by atoms with Crippen LogP contribution in [0.1, 0.15) is 32.0 Å². The quantitative estimate of drug-likeness (QED) is 0.0933. The number of aromatic nitrogens is 1. The van der Waals surface area contributed by atoms with E-state index in [0.29, 0.717) is 16.3 Å². The minimum absolute atomic E-state index is 0.246. The lowest BCUT2D eigenvalue weighted by Crippen LogP contribution is -2.19. The molecule has 6 nitrogen and oxygen atoms in total. The molecular weight excluding hydrogens is 566 g/mol. The number of esters is 1. The first-order valence-corrected chi connectivity index (χ1v) is 12.9. The molecule has 0 unspecified atom stereocenters. The molecule has 0 spiro atoms. The summed E-state index contributed by atoms with van der Waals surface area (Å²) < 4.78 is 6.33. The molecule has 0 atom stereocenters. The van der Waals surface area contributed by atoms with Gasteiger partial charge in [0.1, 0.15) is 11.4 Å². The number of carbonyl (C=O) groups excluding carboxylic acids is 2. The molecule has 1 amide bonds. The fourth-order valence-electron chi connectivity index (χ4n) is 4.09. The van der Waals surface area contributed by atoms with Gasteiger partial charge in [-0.3, -0.25) is 4.79 Å². The third-order valence-electron chi connectivity index (χ3n) is 5.88. The maximum Gasteiger partial charge on any atom is 0.345 e. The highest BCUT2D eigenvalue weighted by Gasteiger charge is 2.19. The fourth-order valence-corrected chi connectivity index (χ4v) is 4.68. The number of halogens is 2. The highest BCUT2D eigenvalue weighted by Crippen LogP contribution is 2.33. The Bertz CT molecular complexity index is 1700. The smallest absolute Gasteiger partial charge is 0.345 e. The van der Waals surface area contributed by atoms with Crippen molar-refractivity contribution < 1.29 is 14.3 Å². The maximum atomic E-state index is 13.3. The van der Waals surface area contributed by atoms with Crippen molar-refractivity contribution in [2.24, 2.45) is 5.10 Å². The predicted octanol–water partition coefficient (Wildman–Crippen LogP) is 7.54. The summed E-state index contributed by atoms with van der Waals surface area (Å²) in [5.41, 5.74) is 7.38. The number of hydrazone groups is 1. The molecule has 1 aromatic heterocycles. The standard InChI is InChI=1S/C30H21BrClN3O3/c1-18-11-13-25-23(15-18)27(19-7-3-2-4-8-19)28(34-25)29(36)35-33-17-20-16-21(31)12-14-26(20)38-30(37)22-9-5-6-10-24(22)32/h2-17,34H,1H3,(H,35,36). The number of aryl methyl sites for hydroxylation is 1. The van der Waals surface area contributed by atoms with Crippen molar-refractivity contribution in [1.82, 2.24) is 10.4 Å². The first-order valence-electron chi connectivity index (χ1n) is 11.7. The molecule has 4 aromatic carbocycles. The summed E-state index contributed by atoms with van der Waals surface area (Å²) in [6.45, 7) is 2.01. The van der Waals surface area contributed by atoms with Crippen molar-refractivity contribution in [3.8, 4) is 16.9 Å². The highest BCUT2D eigenvalue weighted by atomic mass is 79.9. The Morgan fingerprint density at radius 2 is 1.74 bits per heavy atom. The molecule has 0 saturated carbocycles. The number of fused-ring (bicyclic) bond motifs is 1. The molecule has 2 N–H and O–H groups in total. The topological polar surface area (TPSA) is 83.6 Å². The summed E-state index contributed by atoms with van der Waals surface area (Å²) in [4.78, 5) is 29.2. The highest BCUT2D eigenvalue weighted by molar-refractivity contribution is 9.10. The molecule has 0 aliphatic heterocycles. The van der Waals surface area contributed by atoms with E-state index in [9.17, 15) is 9.59 Å². The molecule has 0 fully saturated rings. The van der Waals surface area contributed by atoms with Gasteiger partial charge < -0.3 is 9.72 Å². The third-order valence-corrected chi connectivity index (χ3v) is 6.70. The SMILES string of the molecule is Cc1ccc2[nH]c(C(=O)NN=Cc3cc(Br)ccc3OC(=O)c3ccccc3Cl)c(-c3ccccc3)c2c1. The predicted molar refractivity (Wildman–Crippen MR) is 154 cm³/mol. The van der Waals surface area contributed by atoms with Crippen molar-refractivity contribution in [3.05, 3.63) is 123 Å². The largest absolute Gasteiger partial charge is 0.422 e. The van der Waals surface area contributed by atoms with Gasteiger partial charge in [0.25, 0.3) is 5.91 Å². The lowest BCUT2D eigenvalue weighted by atomic mass is 10.0. The van der Waals surface area contributed by atoms with Gasteiger partial charge in [0.15, 0.2) is 0 Å². The average Bonchev–Trinajstić information content (AvgIpc) is 3.29. The summed E-state index contributed by atoms with van der Waals surface area (Å²) in [5, 5.41) is 5.40. The van der Waals surface area contributed by atoms with E-state index in [2.05, 4.69) is 37.5 Å². The van der Waals surface area contributed by atoms with E-state index in [1.807, 2.05) is 49.4 Å². The second kappa shape index (κ2) is 11.0. The summed E-state index contributed by atoms with van der Waals surface area (Å²) in [6, 6.07) is 27.5. The van der Waals surface area contributed by atoms with Crippen molar-refractivity contribution in [3.63, 3.8) is 0 Å². The van der Waals surface area contributed by atoms with Gasteiger partial charge in [0.05, 0.1) is 16.8 Å². The maximum absolute atomic E-state index is 13.3. The number of aromatic amines is 1. The number of benzene rings is 4. The van der Waals surface area contributed by atoms with Crippen LogP contribution in [0.2, 0.25) is 5.02 Å². The third kappa shape index (κ3) is 5.39. The average molecular weight is 587 g/mol. The van der Waals surface area contributed by atoms with Crippen molar-refractivity contribution in [2.45, 2.75) is 6.92 Å². The van der Waals surface area contributed by atoms with Gasteiger partial charge >= 0.3 is 5.97 Å². The van der Waals surface area contributed by atoms with Crippen LogP contribution in [0.25, 0.3) is 22.0 Å². The number of nitrogens with zero attached hydrogens (tertiary/aromatic N) is 1. The van der Waals surface area contributed by atoms with Gasteiger partial charge in [-0.1, -0.05) is 81.6 Å². The number of hydrogen-bond acceptors (Lipinski definition) is 4. The fraction of sp³-hybridized carbons (Fsp3) is 0.0333. The van der Waals surface area contributed by atoms with Crippen LogP contribution in [0.15, 0.2) is 101 Å². The van der Waals surface area contributed by atoms with Crippen LogP contribution in [-0.4, -0.2) is 23.1 Å². The van der Waals surface area contributed by atoms with Crippen LogP contribution < -0.4 is 10.2 Å². The van der Waals surface area contributed by atoms with E-state index in [-0.39, 0.29) is 11.3 Å². The molecule has 0 radical (unpaired) electrons. The molecule has 38 heavy (non-hydrogen) atoms. The van der Waals surface area contributed by atoms with E-state index >= 15 is 0 Å². The molecule has 5 aromatic rings. The van der Waals surface area contributed by atoms with Gasteiger partial charge in [0, 0.05) is 26.5 Å². The van der Waals surface area contributed by atoms with Gasteiger partial charge in [0.2, 0.25) is 0 Å². The number of amides is 1. The van der Waals surface area contributed by atoms with Gasteiger partial charge in [-0.05, 0) is 55.0 Å². The Morgan fingerprint density at radius 1 is 0.974 bits per heavy atom. The minimum atomic E-state index is -0.600. The molecule has 0 saturated heterocycles. The van der Waals surface area contributed by atoms with E-state index in [0.717, 1.165) is 32.1 Å². The van der Waals surface area contributed by atoms with Gasteiger partial charge in [-0.15, -0.1) is 0 Å². The van der Waals surface area contributed by atoms with E-state index < -0.39 is 11.9 Å². The van der Waals surface area contributed by atoms with Gasteiger partial charge in [-0.2, -0.15) is 5.10 Å². The molecule has 0 aliphatic rings. The molecule has 188 valence electrons. The Kier molecular flexibility index (Phi) is 7.40. The summed E-state index contributed by atoms with van der Waals surface area (Å²) in [5.74, 6) is -0.738. The molecule has 5 rings (SSSR count). The van der Waals surface area contributed by atoms with Crippen LogP contribution in [0, 0.1) is 6.92 Å². The van der Waals surface area contributed by atoms with Crippen LogP contribution >= 0.6 is 27.5 Å².